The highest BCUT2D eigenvalue weighted by Gasteiger charge is 2.00. The largest absolute Gasteiger partial charge is 0.364 e. The molecule has 5 nitrogen and oxygen atoms in total. The van der Waals surface area contributed by atoms with Gasteiger partial charge in [-0.05, 0) is 25.5 Å². The van der Waals surface area contributed by atoms with Crippen molar-refractivity contribution in [3.63, 3.8) is 0 Å². The van der Waals surface area contributed by atoms with Crippen LogP contribution in [0.1, 0.15) is 16.8 Å². The predicted octanol–water partition coefficient (Wildman–Crippen LogP) is 1.44. The first-order chi connectivity index (χ1) is 7.65. The van der Waals surface area contributed by atoms with Crippen LogP contribution < -0.4 is 5.32 Å². The maximum atomic E-state index is 4.10. The number of hydrogen-bond acceptors (Lipinski definition) is 4. The van der Waals surface area contributed by atoms with Gasteiger partial charge in [0.25, 0.3) is 0 Å². The standard InChI is InChI=1S/C11H15N5/c1-8-4-11(15-14-9(8)2)12-5-10-6-13-16(3)7-10/h4,6-7H,5H2,1-3H3,(H,12,15). The van der Waals surface area contributed by atoms with Crippen LogP contribution in [0.25, 0.3) is 0 Å². The van der Waals surface area contributed by atoms with E-state index >= 15 is 0 Å². The third kappa shape index (κ3) is 2.36. The lowest BCUT2D eigenvalue weighted by Gasteiger charge is -2.04. The van der Waals surface area contributed by atoms with Crippen molar-refractivity contribution >= 4 is 5.82 Å². The minimum Gasteiger partial charge on any atom is -0.364 e. The highest BCUT2D eigenvalue weighted by molar-refractivity contribution is 5.37. The zero-order valence-electron chi connectivity index (χ0n) is 9.73. The Kier molecular flexibility index (Phi) is 2.85. The second kappa shape index (κ2) is 4.30. The molecule has 0 bridgehead atoms. The van der Waals surface area contributed by atoms with Crippen LogP contribution in [0.2, 0.25) is 0 Å². The number of aromatic nitrogens is 4. The number of nitrogens with one attached hydrogen (secondary N) is 1. The van der Waals surface area contributed by atoms with Gasteiger partial charge in [0.2, 0.25) is 0 Å². The van der Waals surface area contributed by atoms with Gasteiger partial charge in [0.15, 0.2) is 0 Å². The molecule has 2 aromatic heterocycles. The first-order valence-electron chi connectivity index (χ1n) is 5.17. The van der Waals surface area contributed by atoms with Gasteiger partial charge in [0.05, 0.1) is 11.9 Å². The molecule has 1 N–H and O–H groups in total. The molecule has 16 heavy (non-hydrogen) atoms. The van der Waals surface area contributed by atoms with E-state index in [0.717, 1.165) is 22.6 Å². The smallest absolute Gasteiger partial charge is 0.149 e. The van der Waals surface area contributed by atoms with E-state index in [-0.39, 0.29) is 0 Å². The fraction of sp³-hybridized carbons (Fsp3) is 0.364. The molecule has 0 atom stereocenters. The molecular weight excluding hydrogens is 202 g/mol. The lowest BCUT2D eigenvalue weighted by molar-refractivity contribution is 0.767. The summed E-state index contributed by atoms with van der Waals surface area (Å²) < 4.78 is 1.78. The van der Waals surface area contributed by atoms with Gasteiger partial charge in [-0.3, -0.25) is 4.68 Å². The summed E-state index contributed by atoms with van der Waals surface area (Å²) in [5, 5.41) is 15.5. The number of nitrogens with zero attached hydrogens (tertiary/aromatic N) is 4. The molecule has 0 aromatic carbocycles. The van der Waals surface area contributed by atoms with E-state index in [9.17, 15) is 0 Å². The van der Waals surface area contributed by atoms with E-state index in [1.165, 1.54) is 0 Å². The van der Waals surface area contributed by atoms with Crippen molar-refractivity contribution in [2.75, 3.05) is 5.32 Å². The van der Waals surface area contributed by atoms with Crippen LogP contribution in [-0.4, -0.2) is 20.0 Å². The van der Waals surface area contributed by atoms with Crippen LogP contribution in [0.5, 0.6) is 0 Å². The van der Waals surface area contributed by atoms with Crippen molar-refractivity contribution in [2.45, 2.75) is 20.4 Å². The molecule has 0 aliphatic heterocycles. The summed E-state index contributed by atoms with van der Waals surface area (Å²) in [6, 6.07) is 2.00. The van der Waals surface area contributed by atoms with Crippen molar-refractivity contribution in [1.29, 1.82) is 0 Å². The average Bonchev–Trinajstić information content (AvgIpc) is 2.66. The summed E-state index contributed by atoms with van der Waals surface area (Å²) in [5.41, 5.74) is 3.23. The minimum atomic E-state index is 0.713. The number of hydrogen-bond donors (Lipinski definition) is 1. The molecule has 0 saturated heterocycles. The molecule has 5 heteroatoms. The quantitative estimate of drug-likeness (QED) is 0.845. The van der Waals surface area contributed by atoms with Crippen LogP contribution in [0.3, 0.4) is 0 Å². The summed E-state index contributed by atoms with van der Waals surface area (Å²) in [6.07, 6.45) is 3.81. The van der Waals surface area contributed by atoms with Gasteiger partial charge in [-0.1, -0.05) is 0 Å². The van der Waals surface area contributed by atoms with Crippen LogP contribution in [0, 0.1) is 13.8 Å². The third-order valence-electron chi connectivity index (χ3n) is 2.46. The second-order valence-corrected chi connectivity index (χ2v) is 3.87. The summed E-state index contributed by atoms with van der Waals surface area (Å²) in [7, 11) is 1.90. The highest BCUT2D eigenvalue weighted by Crippen LogP contribution is 2.09. The number of anilines is 1. The van der Waals surface area contributed by atoms with Crippen molar-refractivity contribution in [3.8, 4) is 0 Å². The fourth-order valence-electron chi connectivity index (χ4n) is 1.39. The van der Waals surface area contributed by atoms with Gasteiger partial charge in [-0.15, -0.1) is 5.10 Å². The molecule has 0 amide bonds. The highest BCUT2D eigenvalue weighted by atomic mass is 15.2. The first-order valence-corrected chi connectivity index (χ1v) is 5.17. The molecule has 2 rings (SSSR count). The van der Waals surface area contributed by atoms with E-state index in [1.54, 1.807) is 4.68 Å². The van der Waals surface area contributed by atoms with E-state index in [1.807, 2.05) is 39.4 Å². The van der Waals surface area contributed by atoms with Crippen LogP contribution >= 0.6 is 0 Å². The Morgan fingerprint density at radius 3 is 2.75 bits per heavy atom. The predicted molar refractivity (Wildman–Crippen MR) is 62.0 cm³/mol. The molecule has 2 heterocycles. The maximum absolute atomic E-state index is 4.10. The van der Waals surface area contributed by atoms with Gasteiger partial charge in [-0.2, -0.15) is 10.2 Å². The molecule has 0 fully saturated rings. The summed E-state index contributed by atoms with van der Waals surface area (Å²) in [4.78, 5) is 0. The molecule has 0 radical (unpaired) electrons. The third-order valence-corrected chi connectivity index (χ3v) is 2.46. The zero-order valence-corrected chi connectivity index (χ0v) is 9.73. The maximum Gasteiger partial charge on any atom is 0.149 e. The number of aryl methyl sites for hydroxylation is 3. The normalized spacial score (nSPS) is 10.4. The van der Waals surface area contributed by atoms with E-state index in [2.05, 4.69) is 20.6 Å². The average molecular weight is 217 g/mol. The summed E-state index contributed by atoms with van der Waals surface area (Å²) in [5.74, 6) is 0.798. The van der Waals surface area contributed by atoms with E-state index < -0.39 is 0 Å². The summed E-state index contributed by atoms with van der Waals surface area (Å²) >= 11 is 0. The van der Waals surface area contributed by atoms with Crippen LogP contribution in [-0.2, 0) is 13.6 Å². The van der Waals surface area contributed by atoms with Gasteiger partial charge in [0.1, 0.15) is 5.82 Å². The zero-order chi connectivity index (χ0) is 11.5. The molecule has 0 saturated carbocycles. The summed E-state index contributed by atoms with van der Waals surface area (Å²) in [6.45, 7) is 4.69. The van der Waals surface area contributed by atoms with Gasteiger partial charge < -0.3 is 5.32 Å². The molecule has 0 aliphatic carbocycles. The first kappa shape index (κ1) is 10.6. The van der Waals surface area contributed by atoms with E-state index in [0.29, 0.717) is 6.54 Å². The minimum absolute atomic E-state index is 0.713. The van der Waals surface area contributed by atoms with Crippen LogP contribution in [0.15, 0.2) is 18.5 Å². The van der Waals surface area contributed by atoms with Gasteiger partial charge in [-0.25, -0.2) is 0 Å². The Morgan fingerprint density at radius 2 is 2.12 bits per heavy atom. The molecular formula is C11H15N5. The lowest BCUT2D eigenvalue weighted by Crippen LogP contribution is -2.03. The Morgan fingerprint density at radius 1 is 1.31 bits per heavy atom. The van der Waals surface area contributed by atoms with E-state index in [4.69, 9.17) is 0 Å². The van der Waals surface area contributed by atoms with Gasteiger partial charge >= 0.3 is 0 Å². The Labute approximate surface area is 94.5 Å². The molecule has 0 unspecified atom stereocenters. The second-order valence-electron chi connectivity index (χ2n) is 3.87. The van der Waals surface area contributed by atoms with Crippen molar-refractivity contribution in [3.05, 3.63) is 35.3 Å². The molecule has 2 aromatic rings. The number of rotatable bonds is 3. The Bertz CT molecular complexity index is 489. The fourth-order valence-corrected chi connectivity index (χ4v) is 1.39. The molecule has 0 aliphatic rings. The van der Waals surface area contributed by atoms with Crippen LogP contribution in [0.4, 0.5) is 5.82 Å². The SMILES string of the molecule is Cc1cc(NCc2cnn(C)c2)nnc1C. The topological polar surface area (TPSA) is 55.6 Å². The Balaban J connectivity index is 2.02. The van der Waals surface area contributed by atoms with Gasteiger partial charge in [0, 0.05) is 25.4 Å². The van der Waals surface area contributed by atoms with Crippen molar-refractivity contribution in [1.82, 2.24) is 20.0 Å². The van der Waals surface area contributed by atoms with Crippen molar-refractivity contribution < 1.29 is 0 Å². The Hall–Kier alpha value is -1.91. The molecule has 0 spiro atoms. The molecule has 84 valence electrons. The monoisotopic (exact) mass is 217 g/mol. The lowest BCUT2D eigenvalue weighted by atomic mass is 10.2. The van der Waals surface area contributed by atoms with Crippen molar-refractivity contribution in [2.24, 2.45) is 7.05 Å².